The van der Waals surface area contributed by atoms with Crippen LogP contribution in [0.4, 0.5) is 0 Å². The Morgan fingerprint density at radius 1 is 1.38 bits per heavy atom. The van der Waals surface area contributed by atoms with E-state index in [1.807, 2.05) is 19.1 Å². The van der Waals surface area contributed by atoms with Gasteiger partial charge in [-0.1, -0.05) is 16.8 Å². The molecule has 0 N–H and O–H groups in total. The lowest BCUT2D eigenvalue weighted by Crippen LogP contribution is -1.79. The Hall–Kier alpha value is -1.35. The summed E-state index contributed by atoms with van der Waals surface area (Å²) in [7, 11) is 0. The summed E-state index contributed by atoms with van der Waals surface area (Å²) < 4.78 is 4.94. The van der Waals surface area contributed by atoms with Crippen LogP contribution in [0.2, 0.25) is 5.15 Å². The Balaban J connectivity index is 2.41. The molecule has 66 valence electrons. The first-order chi connectivity index (χ1) is 6.25. The van der Waals surface area contributed by atoms with Gasteiger partial charge >= 0.3 is 0 Å². The van der Waals surface area contributed by atoms with E-state index in [0.29, 0.717) is 5.15 Å². The zero-order valence-electron chi connectivity index (χ0n) is 6.99. The van der Waals surface area contributed by atoms with Crippen LogP contribution in [0.1, 0.15) is 5.76 Å². The molecule has 0 atom stereocenters. The summed E-state index contributed by atoms with van der Waals surface area (Å²) in [5.41, 5.74) is 1.68. The molecule has 0 spiro atoms. The van der Waals surface area contributed by atoms with Gasteiger partial charge in [-0.25, -0.2) is 4.98 Å². The number of halogens is 1. The quantitative estimate of drug-likeness (QED) is 0.656. The van der Waals surface area contributed by atoms with Crippen molar-refractivity contribution < 1.29 is 4.52 Å². The van der Waals surface area contributed by atoms with E-state index in [4.69, 9.17) is 16.1 Å². The fourth-order valence-corrected chi connectivity index (χ4v) is 1.14. The zero-order chi connectivity index (χ0) is 9.26. The smallest absolute Gasteiger partial charge is 0.134 e. The van der Waals surface area contributed by atoms with Crippen molar-refractivity contribution >= 4 is 11.6 Å². The standard InChI is InChI=1S/C9H7ClN2O/c1-6-4-8(12-13-6)7-2-3-9(10)11-5-7/h2-5H,1H3. The topological polar surface area (TPSA) is 38.9 Å². The molecule has 2 heterocycles. The third-order valence-corrected chi connectivity index (χ3v) is 1.87. The van der Waals surface area contributed by atoms with E-state index in [1.165, 1.54) is 0 Å². The Labute approximate surface area is 80.3 Å². The van der Waals surface area contributed by atoms with Gasteiger partial charge in [0.05, 0.1) is 0 Å². The monoisotopic (exact) mass is 194 g/mol. The summed E-state index contributed by atoms with van der Waals surface area (Å²) in [5, 5.41) is 4.33. The van der Waals surface area contributed by atoms with E-state index in [-0.39, 0.29) is 0 Å². The number of aromatic nitrogens is 2. The first-order valence-electron chi connectivity index (χ1n) is 3.81. The van der Waals surface area contributed by atoms with Gasteiger partial charge in [-0.15, -0.1) is 0 Å². The minimum atomic E-state index is 0.476. The van der Waals surface area contributed by atoms with Crippen LogP contribution < -0.4 is 0 Å². The highest BCUT2D eigenvalue weighted by Gasteiger charge is 2.03. The van der Waals surface area contributed by atoms with E-state index in [0.717, 1.165) is 17.0 Å². The maximum atomic E-state index is 5.65. The molecule has 0 aliphatic carbocycles. The van der Waals surface area contributed by atoms with Gasteiger partial charge in [-0.2, -0.15) is 0 Å². The Kier molecular flexibility index (Phi) is 2.02. The van der Waals surface area contributed by atoms with Crippen LogP contribution in [-0.4, -0.2) is 10.1 Å². The Morgan fingerprint density at radius 3 is 2.77 bits per heavy atom. The predicted octanol–water partition coefficient (Wildman–Crippen LogP) is 2.70. The average molecular weight is 195 g/mol. The highest BCUT2D eigenvalue weighted by molar-refractivity contribution is 6.29. The van der Waals surface area contributed by atoms with Crippen molar-refractivity contribution in [3.05, 3.63) is 35.3 Å². The lowest BCUT2D eigenvalue weighted by molar-refractivity contribution is 0.399. The highest BCUT2D eigenvalue weighted by atomic mass is 35.5. The summed E-state index contributed by atoms with van der Waals surface area (Å²) in [6.07, 6.45) is 1.67. The van der Waals surface area contributed by atoms with Crippen molar-refractivity contribution in [2.45, 2.75) is 6.92 Å². The van der Waals surface area contributed by atoms with Gasteiger partial charge in [0.25, 0.3) is 0 Å². The number of aryl methyl sites for hydroxylation is 1. The molecular formula is C9H7ClN2O. The molecule has 2 aromatic heterocycles. The van der Waals surface area contributed by atoms with Crippen molar-refractivity contribution in [1.82, 2.24) is 10.1 Å². The van der Waals surface area contributed by atoms with Crippen LogP contribution in [0, 0.1) is 6.92 Å². The van der Waals surface area contributed by atoms with E-state index < -0.39 is 0 Å². The van der Waals surface area contributed by atoms with E-state index in [2.05, 4.69) is 10.1 Å². The number of pyridine rings is 1. The summed E-state index contributed by atoms with van der Waals surface area (Å²) in [6, 6.07) is 5.43. The van der Waals surface area contributed by atoms with Crippen LogP contribution >= 0.6 is 11.6 Å². The van der Waals surface area contributed by atoms with Gasteiger partial charge in [0.15, 0.2) is 0 Å². The van der Waals surface area contributed by atoms with Crippen molar-refractivity contribution in [3.8, 4) is 11.3 Å². The first kappa shape index (κ1) is 8.26. The molecular weight excluding hydrogens is 188 g/mol. The average Bonchev–Trinajstić information content (AvgIpc) is 2.53. The molecule has 0 saturated heterocycles. The van der Waals surface area contributed by atoms with Crippen LogP contribution in [0.3, 0.4) is 0 Å². The SMILES string of the molecule is Cc1cc(-c2ccc(Cl)nc2)no1. The molecule has 0 aliphatic rings. The zero-order valence-corrected chi connectivity index (χ0v) is 7.75. The van der Waals surface area contributed by atoms with E-state index in [1.54, 1.807) is 12.3 Å². The number of rotatable bonds is 1. The van der Waals surface area contributed by atoms with E-state index in [9.17, 15) is 0 Å². The second kappa shape index (κ2) is 3.18. The minimum Gasteiger partial charge on any atom is -0.361 e. The largest absolute Gasteiger partial charge is 0.361 e. The molecule has 0 unspecified atom stereocenters. The summed E-state index contributed by atoms with van der Waals surface area (Å²) >= 11 is 5.65. The van der Waals surface area contributed by atoms with Gasteiger partial charge in [-0.05, 0) is 19.1 Å². The van der Waals surface area contributed by atoms with Gasteiger partial charge in [-0.3, -0.25) is 0 Å². The predicted molar refractivity (Wildman–Crippen MR) is 49.5 cm³/mol. The summed E-state index contributed by atoms with van der Waals surface area (Å²) in [5.74, 6) is 0.782. The molecule has 13 heavy (non-hydrogen) atoms. The maximum absolute atomic E-state index is 5.65. The van der Waals surface area contributed by atoms with Crippen LogP contribution in [0.5, 0.6) is 0 Å². The molecule has 0 aliphatic heterocycles. The Morgan fingerprint density at radius 2 is 2.23 bits per heavy atom. The third kappa shape index (κ3) is 1.70. The number of nitrogens with zero attached hydrogens (tertiary/aromatic N) is 2. The molecule has 0 radical (unpaired) electrons. The Bertz CT molecular complexity index is 408. The summed E-state index contributed by atoms with van der Waals surface area (Å²) in [6.45, 7) is 1.85. The lowest BCUT2D eigenvalue weighted by Gasteiger charge is -1.93. The summed E-state index contributed by atoms with van der Waals surface area (Å²) in [4.78, 5) is 3.95. The van der Waals surface area contributed by atoms with Crippen molar-refractivity contribution in [2.24, 2.45) is 0 Å². The van der Waals surface area contributed by atoms with E-state index >= 15 is 0 Å². The van der Waals surface area contributed by atoms with Gasteiger partial charge in [0.1, 0.15) is 16.6 Å². The molecule has 0 amide bonds. The first-order valence-corrected chi connectivity index (χ1v) is 4.19. The fourth-order valence-electron chi connectivity index (χ4n) is 1.03. The van der Waals surface area contributed by atoms with Gasteiger partial charge in [0.2, 0.25) is 0 Å². The van der Waals surface area contributed by atoms with Crippen molar-refractivity contribution in [2.75, 3.05) is 0 Å². The van der Waals surface area contributed by atoms with Crippen molar-refractivity contribution in [3.63, 3.8) is 0 Å². The molecule has 2 rings (SSSR count). The molecule has 0 aromatic carbocycles. The fraction of sp³-hybridized carbons (Fsp3) is 0.111. The second-order valence-corrected chi connectivity index (χ2v) is 3.08. The van der Waals surface area contributed by atoms with Crippen LogP contribution in [-0.2, 0) is 0 Å². The molecule has 0 saturated carbocycles. The minimum absolute atomic E-state index is 0.476. The van der Waals surface area contributed by atoms with Crippen molar-refractivity contribution in [1.29, 1.82) is 0 Å². The van der Waals surface area contributed by atoms with Gasteiger partial charge in [0, 0.05) is 17.8 Å². The van der Waals surface area contributed by atoms with Gasteiger partial charge < -0.3 is 4.52 Å². The molecule has 2 aromatic rings. The maximum Gasteiger partial charge on any atom is 0.134 e. The number of hydrogen-bond acceptors (Lipinski definition) is 3. The second-order valence-electron chi connectivity index (χ2n) is 2.69. The molecule has 0 fully saturated rings. The highest BCUT2D eigenvalue weighted by Crippen LogP contribution is 2.18. The lowest BCUT2D eigenvalue weighted by atomic mass is 10.2. The normalized spacial score (nSPS) is 10.3. The number of hydrogen-bond donors (Lipinski definition) is 0. The molecule has 4 heteroatoms. The van der Waals surface area contributed by atoms with Crippen LogP contribution in [0.25, 0.3) is 11.3 Å². The van der Waals surface area contributed by atoms with Crippen LogP contribution in [0.15, 0.2) is 28.9 Å². The third-order valence-electron chi connectivity index (χ3n) is 1.65. The molecule has 3 nitrogen and oxygen atoms in total. The molecule has 0 bridgehead atoms.